The average molecular weight is 486 g/mol. The lowest BCUT2D eigenvalue weighted by molar-refractivity contribution is -0.139. The second-order valence-electron chi connectivity index (χ2n) is 8.07. The van der Waals surface area contributed by atoms with E-state index in [9.17, 15) is 19.6 Å². The van der Waals surface area contributed by atoms with Crippen LogP contribution in [0.4, 0.5) is 11.4 Å². The molecule has 10 heteroatoms. The van der Waals surface area contributed by atoms with Crippen LogP contribution >= 0.6 is 0 Å². The Kier molecular flexibility index (Phi) is 6.56. The molecule has 0 bridgehead atoms. The van der Waals surface area contributed by atoms with Gasteiger partial charge < -0.3 is 15.2 Å². The number of rotatable bonds is 5. The van der Waals surface area contributed by atoms with Gasteiger partial charge >= 0.3 is 11.9 Å². The molecule has 0 fully saturated rings. The Morgan fingerprint density at radius 1 is 1.03 bits per heavy atom. The largest absolute Gasteiger partial charge is 0.466 e. The molecule has 0 spiro atoms. The van der Waals surface area contributed by atoms with Crippen LogP contribution in [0, 0.1) is 11.3 Å². The number of hydrogen-bond donors (Lipinski definition) is 1. The Morgan fingerprint density at radius 3 is 2.17 bits per heavy atom. The number of nitrogens with zero attached hydrogens (tertiary/aromatic N) is 4. The summed E-state index contributed by atoms with van der Waals surface area (Å²) in [6.45, 7) is 1.76. The van der Waals surface area contributed by atoms with E-state index >= 15 is 0 Å². The predicted molar refractivity (Wildman–Crippen MR) is 131 cm³/mol. The summed E-state index contributed by atoms with van der Waals surface area (Å²) in [6, 6.07) is 17.3. The maximum atomic E-state index is 13.1. The molecule has 0 aromatic heterocycles. The molecular formula is C26H23N5O5. The molecule has 0 radical (unpaired) electrons. The monoisotopic (exact) mass is 485 g/mol. The first-order valence-electron chi connectivity index (χ1n) is 10.9. The van der Waals surface area contributed by atoms with E-state index in [1.54, 1.807) is 61.5 Å². The van der Waals surface area contributed by atoms with Crippen LogP contribution in [-0.4, -0.2) is 37.8 Å². The molecule has 2 aliphatic heterocycles. The Morgan fingerprint density at radius 2 is 1.64 bits per heavy atom. The number of hydrogen-bond acceptors (Lipinski definition) is 9. The van der Waals surface area contributed by atoms with Crippen LogP contribution in [0.2, 0.25) is 0 Å². The summed E-state index contributed by atoms with van der Waals surface area (Å²) in [7, 11) is 2.37. The van der Waals surface area contributed by atoms with E-state index < -0.39 is 17.9 Å². The fraction of sp³-hybridized carbons (Fsp3) is 0.192. The molecule has 10 nitrogen and oxygen atoms in total. The third-order valence-electron chi connectivity index (χ3n) is 5.88. The van der Waals surface area contributed by atoms with Crippen molar-refractivity contribution >= 4 is 34.9 Å². The van der Waals surface area contributed by atoms with E-state index in [1.165, 1.54) is 24.1 Å². The zero-order valence-corrected chi connectivity index (χ0v) is 19.9. The number of nitriles is 1. The molecule has 36 heavy (non-hydrogen) atoms. The number of anilines is 2. The van der Waals surface area contributed by atoms with E-state index in [4.69, 9.17) is 15.2 Å². The SMILES string of the molecule is COC(=O)C1=C(C(=O)OC)N(c2ccc(N3N=C(C)CC3=O)cc2)C(N)=C(C#N)C1c1ccccc1. The molecule has 1 unspecified atom stereocenters. The number of esters is 2. The number of ether oxygens (including phenoxy) is 2. The van der Waals surface area contributed by atoms with Crippen molar-refractivity contribution in [2.75, 3.05) is 24.1 Å². The van der Waals surface area contributed by atoms with Crippen LogP contribution in [0.1, 0.15) is 24.8 Å². The van der Waals surface area contributed by atoms with E-state index in [-0.39, 0.29) is 35.0 Å². The zero-order chi connectivity index (χ0) is 26.0. The Labute approximate surface area is 207 Å². The lowest BCUT2D eigenvalue weighted by Crippen LogP contribution is -2.40. The van der Waals surface area contributed by atoms with Gasteiger partial charge in [0.1, 0.15) is 11.5 Å². The van der Waals surface area contributed by atoms with Gasteiger partial charge in [-0.3, -0.25) is 9.69 Å². The van der Waals surface area contributed by atoms with Crippen molar-refractivity contribution in [1.82, 2.24) is 0 Å². The fourth-order valence-electron chi connectivity index (χ4n) is 4.28. The minimum Gasteiger partial charge on any atom is -0.466 e. The standard InChI is InChI=1S/C26H23N5O5/c1-15-13-20(32)31(29-15)18-11-9-17(10-12-18)30-23(26(34)36-3)22(25(33)35-2)21(19(14-27)24(30)28)16-7-5-4-6-8-16/h4-12,21H,13,28H2,1-3H3. The summed E-state index contributed by atoms with van der Waals surface area (Å²) in [5, 5.41) is 15.6. The summed E-state index contributed by atoms with van der Waals surface area (Å²) in [6.07, 6.45) is 0.230. The van der Waals surface area contributed by atoms with Gasteiger partial charge in [-0.1, -0.05) is 30.3 Å². The first-order valence-corrected chi connectivity index (χ1v) is 10.9. The van der Waals surface area contributed by atoms with Gasteiger partial charge in [-0.15, -0.1) is 0 Å². The van der Waals surface area contributed by atoms with E-state index in [2.05, 4.69) is 11.2 Å². The van der Waals surface area contributed by atoms with E-state index in [1.807, 2.05) is 0 Å². The number of carbonyl (C=O) groups is 3. The number of hydrazone groups is 1. The Bertz CT molecular complexity index is 1370. The second kappa shape index (κ2) is 9.76. The number of nitrogens with two attached hydrogens (primary N) is 1. The molecule has 0 saturated carbocycles. The zero-order valence-electron chi connectivity index (χ0n) is 19.9. The quantitative estimate of drug-likeness (QED) is 0.638. The van der Waals surface area contributed by atoms with Gasteiger partial charge in [0, 0.05) is 11.4 Å². The molecule has 0 saturated heterocycles. The van der Waals surface area contributed by atoms with Gasteiger partial charge in [0.2, 0.25) is 0 Å². The van der Waals surface area contributed by atoms with E-state index in [0.717, 1.165) is 0 Å². The molecule has 4 rings (SSSR count). The first-order chi connectivity index (χ1) is 17.3. The summed E-state index contributed by atoms with van der Waals surface area (Å²) in [4.78, 5) is 39.7. The number of methoxy groups -OCH3 is 2. The Balaban J connectivity index is 1.92. The maximum absolute atomic E-state index is 13.1. The molecule has 2 N–H and O–H groups in total. The first kappa shape index (κ1) is 24.2. The van der Waals surface area contributed by atoms with Crippen LogP contribution in [0.25, 0.3) is 0 Å². The molecule has 2 aromatic rings. The molecule has 2 aromatic carbocycles. The molecule has 0 aliphatic carbocycles. The highest BCUT2D eigenvalue weighted by Crippen LogP contribution is 2.43. The third-order valence-corrected chi connectivity index (χ3v) is 5.88. The van der Waals surface area contributed by atoms with Crippen molar-refractivity contribution in [3.8, 4) is 6.07 Å². The lowest BCUT2D eigenvalue weighted by Gasteiger charge is -2.36. The second-order valence-corrected chi connectivity index (χ2v) is 8.07. The summed E-state index contributed by atoms with van der Waals surface area (Å²) in [5.41, 5.74) is 8.44. The number of benzene rings is 2. The van der Waals surface area contributed by atoms with Crippen LogP contribution in [-0.2, 0) is 23.9 Å². The van der Waals surface area contributed by atoms with Gasteiger partial charge in [-0.05, 0) is 36.8 Å². The summed E-state index contributed by atoms with van der Waals surface area (Å²) >= 11 is 0. The van der Waals surface area contributed by atoms with Crippen LogP contribution < -0.4 is 15.6 Å². The highest BCUT2D eigenvalue weighted by Gasteiger charge is 2.43. The molecule has 182 valence electrons. The van der Waals surface area contributed by atoms with Crippen molar-refractivity contribution in [3.63, 3.8) is 0 Å². The Hall–Kier alpha value is -4.91. The molecule has 1 atom stereocenters. The summed E-state index contributed by atoms with van der Waals surface area (Å²) < 4.78 is 10.0. The highest BCUT2D eigenvalue weighted by molar-refractivity contribution is 6.12. The molecule has 2 heterocycles. The molecule has 2 aliphatic rings. The number of carbonyl (C=O) groups excluding carboxylic acids is 3. The highest BCUT2D eigenvalue weighted by atomic mass is 16.5. The predicted octanol–water partition coefficient (Wildman–Crippen LogP) is 2.70. The van der Waals surface area contributed by atoms with Crippen LogP contribution in [0.3, 0.4) is 0 Å². The topological polar surface area (TPSA) is 138 Å². The average Bonchev–Trinajstić information content (AvgIpc) is 3.25. The van der Waals surface area contributed by atoms with E-state index in [0.29, 0.717) is 22.6 Å². The molecule has 1 amide bonds. The van der Waals surface area contributed by atoms with Crippen LogP contribution in [0.15, 0.2) is 82.4 Å². The molecular weight excluding hydrogens is 462 g/mol. The van der Waals surface area contributed by atoms with Gasteiger partial charge in [-0.2, -0.15) is 10.4 Å². The van der Waals surface area contributed by atoms with Gasteiger partial charge in [-0.25, -0.2) is 14.6 Å². The fourth-order valence-corrected chi connectivity index (χ4v) is 4.28. The van der Waals surface area contributed by atoms with Crippen molar-refractivity contribution < 1.29 is 23.9 Å². The minimum absolute atomic E-state index is 0.0433. The maximum Gasteiger partial charge on any atom is 0.355 e. The lowest BCUT2D eigenvalue weighted by atomic mass is 9.81. The number of allylic oxidation sites excluding steroid dienone is 1. The minimum atomic E-state index is -0.951. The third kappa shape index (κ3) is 4.07. The normalized spacial score (nSPS) is 17.7. The van der Waals surface area contributed by atoms with Crippen molar-refractivity contribution in [2.45, 2.75) is 19.3 Å². The van der Waals surface area contributed by atoms with Gasteiger partial charge in [0.15, 0.2) is 0 Å². The van der Waals surface area contributed by atoms with Gasteiger partial charge in [0.05, 0.1) is 49.5 Å². The number of amides is 1. The smallest absolute Gasteiger partial charge is 0.355 e. The van der Waals surface area contributed by atoms with Crippen molar-refractivity contribution in [2.24, 2.45) is 10.8 Å². The van der Waals surface area contributed by atoms with Crippen LogP contribution in [0.5, 0.6) is 0 Å². The van der Waals surface area contributed by atoms with Crippen molar-refractivity contribution in [1.29, 1.82) is 5.26 Å². The van der Waals surface area contributed by atoms with Gasteiger partial charge in [0.25, 0.3) is 5.91 Å². The summed E-state index contributed by atoms with van der Waals surface area (Å²) in [5.74, 6) is -2.81. The van der Waals surface area contributed by atoms with Crippen molar-refractivity contribution in [3.05, 3.63) is 82.8 Å².